The standard InChI is InChI=1S/C12H22N2/c1-10-7-11(2)9-12(8-10)14(3)6-4-5-13/h10-12H,4,6-9H2,1-3H3. The highest BCUT2D eigenvalue weighted by Crippen LogP contribution is 2.30. The van der Waals surface area contributed by atoms with Crippen molar-refractivity contribution in [3.63, 3.8) is 0 Å². The van der Waals surface area contributed by atoms with E-state index in [1.54, 1.807) is 0 Å². The van der Waals surface area contributed by atoms with Gasteiger partial charge in [-0.3, -0.25) is 0 Å². The molecule has 0 radical (unpaired) electrons. The lowest BCUT2D eigenvalue weighted by Gasteiger charge is -2.37. The van der Waals surface area contributed by atoms with Crippen LogP contribution in [0, 0.1) is 23.2 Å². The lowest BCUT2D eigenvalue weighted by Crippen LogP contribution is -2.38. The van der Waals surface area contributed by atoms with Crippen molar-refractivity contribution in [2.45, 2.75) is 45.6 Å². The van der Waals surface area contributed by atoms with Gasteiger partial charge in [-0.05, 0) is 38.1 Å². The molecule has 2 nitrogen and oxygen atoms in total. The Morgan fingerprint density at radius 1 is 1.21 bits per heavy atom. The van der Waals surface area contributed by atoms with E-state index in [9.17, 15) is 0 Å². The van der Waals surface area contributed by atoms with Crippen LogP contribution in [0.1, 0.15) is 39.5 Å². The first-order valence-corrected chi connectivity index (χ1v) is 5.70. The molecule has 1 rings (SSSR count). The van der Waals surface area contributed by atoms with E-state index in [1.807, 2.05) is 0 Å². The average molecular weight is 194 g/mol. The Balaban J connectivity index is 2.39. The molecule has 0 saturated heterocycles. The van der Waals surface area contributed by atoms with E-state index in [2.05, 4.69) is 31.9 Å². The summed E-state index contributed by atoms with van der Waals surface area (Å²) in [7, 11) is 2.16. The largest absolute Gasteiger partial charge is 0.302 e. The van der Waals surface area contributed by atoms with Crippen molar-refractivity contribution in [3.8, 4) is 6.07 Å². The second-order valence-corrected chi connectivity index (χ2v) is 4.96. The van der Waals surface area contributed by atoms with Crippen LogP contribution in [0.2, 0.25) is 0 Å². The molecule has 0 spiro atoms. The van der Waals surface area contributed by atoms with Crippen LogP contribution in [-0.2, 0) is 0 Å². The van der Waals surface area contributed by atoms with Gasteiger partial charge in [0, 0.05) is 19.0 Å². The first kappa shape index (κ1) is 11.5. The zero-order valence-corrected chi connectivity index (χ0v) is 9.66. The van der Waals surface area contributed by atoms with E-state index in [4.69, 9.17) is 5.26 Å². The Hall–Kier alpha value is -0.550. The fourth-order valence-corrected chi connectivity index (χ4v) is 2.67. The van der Waals surface area contributed by atoms with E-state index in [-0.39, 0.29) is 0 Å². The molecule has 0 heterocycles. The summed E-state index contributed by atoms with van der Waals surface area (Å²) in [5, 5.41) is 8.54. The Bertz CT molecular complexity index is 197. The van der Waals surface area contributed by atoms with E-state index in [0.717, 1.165) is 18.4 Å². The zero-order chi connectivity index (χ0) is 10.6. The number of nitriles is 1. The van der Waals surface area contributed by atoms with Gasteiger partial charge in [-0.25, -0.2) is 0 Å². The topological polar surface area (TPSA) is 27.0 Å². The monoisotopic (exact) mass is 194 g/mol. The van der Waals surface area contributed by atoms with Crippen LogP contribution in [0.4, 0.5) is 0 Å². The molecule has 0 aromatic rings. The molecule has 1 saturated carbocycles. The number of hydrogen-bond donors (Lipinski definition) is 0. The van der Waals surface area contributed by atoms with Crippen molar-refractivity contribution in [1.29, 1.82) is 5.26 Å². The number of rotatable bonds is 3. The van der Waals surface area contributed by atoms with E-state index < -0.39 is 0 Å². The molecular weight excluding hydrogens is 172 g/mol. The van der Waals surface area contributed by atoms with Gasteiger partial charge in [0.2, 0.25) is 0 Å². The maximum atomic E-state index is 8.54. The molecule has 1 aliphatic rings. The van der Waals surface area contributed by atoms with Crippen LogP contribution in [0.25, 0.3) is 0 Å². The smallest absolute Gasteiger partial charge is 0.0635 e. The zero-order valence-electron chi connectivity index (χ0n) is 9.66. The molecule has 1 fully saturated rings. The summed E-state index contributed by atoms with van der Waals surface area (Å²) in [6.07, 6.45) is 4.66. The normalized spacial score (nSPS) is 32.9. The van der Waals surface area contributed by atoms with Crippen LogP contribution in [0.3, 0.4) is 0 Å². The average Bonchev–Trinajstić information content (AvgIpc) is 2.12. The summed E-state index contributed by atoms with van der Waals surface area (Å²) in [6, 6.07) is 2.93. The lowest BCUT2D eigenvalue weighted by molar-refractivity contribution is 0.135. The Morgan fingerprint density at radius 3 is 2.29 bits per heavy atom. The van der Waals surface area contributed by atoms with Crippen molar-refractivity contribution in [1.82, 2.24) is 4.90 Å². The molecule has 0 amide bonds. The summed E-state index contributed by atoms with van der Waals surface area (Å²) in [5.74, 6) is 1.71. The minimum atomic E-state index is 0.662. The fraction of sp³-hybridized carbons (Fsp3) is 0.917. The van der Waals surface area contributed by atoms with Crippen LogP contribution < -0.4 is 0 Å². The molecule has 80 valence electrons. The molecule has 2 atom stereocenters. The van der Waals surface area contributed by atoms with Gasteiger partial charge in [0.15, 0.2) is 0 Å². The highest BCUT2D eigenvalue weighted by Gasteiger charge is 2.26. The second kappa shape index (κ2) is 5.36. The summed E-state index contributed by atoms with van der Waals surface area (Å²) in [4.78, 5) is 2.37. The third-order valence-electron chi connectivity index (χ3n) is 3.35. The van der Waals surface area contributed by atoms with Gasteiger partial charge in [0.05, 0.1) is 6.07 Å². The predicted octanol–water partition coefficient (Wildman–Crippen LogP) is 2.66. The molecule has 0 aromatic heterocycles. The van der Waals surface area contributed by atoms with Gasteiger partial charge in [-0.2, -0.15) is 5.26 Å². The molecule has 0 bridgehead atoms. The van der Waals surface area contributed by atoms with Crippen LogP contribution in [-0.4, -0.2) is 24.5 Å². The molecule has 0 N–H and O–H groups in total. The van der Waals surface area contributed by atoms with Crippen molar-refractivity contribution < 1.29 is 0 Å². The first-order valence-electron chi connectivity index (χ1n) is 5.70. The van der Waals surface area contributed by atoms with Crippen molar-refractivity contribution in [2.24, 2.45) is 11.8 Å². The quantitative estimate of drug-likeness (QED) is 0.690. The van der Waals surface area contributed by atoms with Crippen LogP contribution in [0.15, 0.2) is 0 Å². The molecular formula is C12H22N2. The van der Waals surface area contributed by atoms with Crippen molar-refractivity contribution >= 4 is 0 Å². The van der Waals surface area contributed by atoms with Gasteiger partial charge in [-0.1, -0.05) is 13.8 Å². The minimum Gasteiger partial charge on any atom is -0.302 e. The van der Waals surface area contributed by atoms with Crippen molar-refractivity contribution in [3.05, 3.63) is 0 Å². The summed E-state index contributed by atoms with van der Waals surface area (Å²) in [6.45, 7) is 5.63. The molecule has 0 aromatic carbocycles. The van der Waals surface area contributed by atoms with Crippen LogP contribution in [0.5, 0.6) is 0 Å². The highest BCUT2D eigenvalue weighted by atomic mass is 15.1. The summed E-state index contributed by atoms with van der Waals surface area (Å²) in [5.41, 5.74) is 0. The fourth-order valence-electron chi connectivity index (χ4n) is 2.67. The summed E-state index contributed by atoms with van der Waals surface area (Å²) < 4.78 is 0. The van der Waals surface area contributed by atoms with E-state index >= 15 is 0 Å². The number of nitrogens with zero attached hydrogens (tertiary/aromatic N) is 2. The number of hydrogen-bond acceptors (Lipinski definition) is 2. The third kappa shape index (κ3) is 3.31. The maximum absolute atomic E-state index is 8.54. The minimum absolute atomic E-state index is 0.662. The maximum Gasteiger partial charge on any atom is 0.0635 e. The van der Waals surface area contributed by atoms with Gasteiger partial charge in [-0.15, -0.1) is 0 Å². The molecule has 1 aliphatic carbocycles. The summed E-state index contributed by atoms with van der Waals surface area (Å²) >= 11 is 0. The van der Waals surface area contributed by atoms with Gasteiger partial charge in [0.1, 0.15) is 0 Å². The van der Waals surface area contributed by atoms with E-state index in [1.165, 1.54) is 19.3 Å². The van der Waals surface area contributed by atoms with Gasteiger partial charge in [0.25, 0.3) is 0 Å². The van der Waals surface area contributed by atoms with Gasteiger partial charge < -0.3 is 4.90 Å². The lowest BCUT2D eigenvalue weighted by atomic mass is 9.80. The van der Waals surface area contributed by atoms with Crippen molar-refractivity contribution in [2.75, 3.05) is 13.6 Å². The Morgan fingerprint density at radius 2 is 1.79 bits per heavy atom. The Labute approximate surface area is 87.9 Å². The predicted molar refractivity (Wildman–Crippen MR) is 58.8 cm³/mol. The SMILES string of the molecule is CC1CC(C)CC(N(C)CCC#N)C1. The highest BCUT2D eigenvalue weighted by molar-refractivity contribution is 4.82. The van der Waals surface area contributed by atoms with E-state index in [0.29, 0.717) is 12.5 Å². The van der Waals surface area contributed by atoms with Crippen LogP contribution >= 0.6 is 0 Å². The Kier molecular flexibility index (Phi) is 4.41. The third-order valence-corrected chi connectivity index (χ3v) is 3.35. The first-order chi connectivity index (χ1) is 6.63. The molecule has 0 aliphatic heterocycles. The van der Waals surface area contributed by atoms with Gasteiger partial charge >= 0.3 is 0 Å². The second-order valence-electron chi connectivity index (χ2n) is 4.96. The molecule has 2 heteroatoms. The molecule has 2 unspecified atom stereocenters. The molecule has 14 heavy (non-hydrogen) atoms.